The Morgan fingerprint density at radius 2 is 2.05 bits per heavy atom. The fourth-order valence-corrected chi connectivity index (χ4v) is 1.69. The lowest BCUT2D eigenvalue weighted by Crippen LogP contribution is -2.33. The fraction of sp³-hybridized carbons (Fsp3) is 0.308. The Labute approximate surface area is 114 Å². The van der Waals surface area contributed by atoms with Crippen LogP contribution in [0.4, 0.5) is 14.5 Å². The largest absolute Gasteiger partial charge is 0.335 e. The molecule has 5 nitrogen and oxygen atoms in total. The summed E-state index contributed by atoms with van der Waals surface area (Å²) in [7, 11) is 0. The highest BCUT2D eigenvalue weighted by Gasteiger charge is 2.28. The van der Waals surface area contributed by atoms with E-state index >= 15 is 0 Å². The summed E-state index contributed by atoms with van der Waals surface area (Å²) in [6.07, 6.45) is 0. The molecule has 0 aromatic heterocycles. The van der Waals surface area contributed by atoms with Crippen molar-refractivity contribution in [3.63, 3.8) is 0 Å². The zero-order valence-corrected chi connectivity index (χ0v) is 11.2. The SMILES string of the molecule is C=C(C)CN(CC)C(=O)c1c(F)ccc([N+](=O)[O-])c1F. The van der Waals surface area contributed by atoms with Gasteiger partial charge in [-0.05, 0) is 19.9 Å². The van der Waals surface area contributed by atoms with Gasteiger partial charge >= 0.3 is 5.69 Å². The monoisotopic (exact) mass is 284 g/mol. The predicted octanol–water partition coefficient (Wildman–Crippen LogP) is 2.91. The van der Waals surface area contributed by atoms with Crippen molar-refractivity contribution in [2.75, 3.05) is 13.1 Å². The number of halogens is 2. The maximum atomic E-state index is 13.9. The minimum atomic E-state index is -1.46. The summed E-state index contributed by atoms with van der Waals surface area (Å²) in [5.41, 5.74) is -1.21. The molecule has 0 atom stereocenters. The van der Waals surface area contributed by atoms with Crippen molar-refractivity contribution in [1.82, 2.24) is 4.90 Å². The highest BCUT2D eigenvalue weighted by molar-refractivity contribution is 5.95. The van der Waals surface area contributed by atoms with Crippen LogP contribution < -0.4 is 0 Å². The Hall–Kier alpha value is -2.31. The lowest BCUT2D eigenvalue weighted by Gasteiger charge is -2.21. The van der Waals surface area contributed by atoms with Crippen molar-refractivity contribution < 1.29 is 18.5 Å². The maximum Gasteiger partial charge on any atom is 0.305 e. The maximum absolute atomic E-state index is 13.9. The minimum Gasteiger partial charge on any atom is -0.335 e. The van der Waals surface area contributed by atoms with Crippen LogP contribution in [0, 0.1) is 21.7 Å². The van der Waals surface area contributed by atoms with Gasteiger partial charge in [-0.2, -0.15) is 4.39 Å². The molecule has 0 aliphatic carbocycles. The second-order valence-corrected chi connectivity index (χ2v) is 4.29. The third-order valence-corrected chi connectivity index (χ3v) is 2.61. The number of likely N-dealkylation sites (N-methyl/N-ethyl adjacent to an activating group) is 1. The summed E-state index contributed by atoms with van der Waals surface area (Å²) >= 11 is 0. The molecule has 1 rings (SSSR count). The quantitative estimate of drug-likeness (QED) is 0.474. The summed E-state index contributed by atoms with van der Waals surface area (Å²) in [5.74, 6) is -3.52. The van der Waals surface area contributed by atoms with Crippen LogP contribution in [0.5, 0.6) is 0 Å². The van der Waals surface area contributed by atoms with Gasteiger partial charge < -0.3 is 4.90 Å². The molecule has 0 aliphatic rings. The first-order valence-electron chi connectivity index (χ1n) is 5.85. The molecule has 0 fully saturated rings. The molecular formula is C13H14F2N2O3. The van der Waals surface area contributed by atoms with E-state index in [1.165, 1.54) is 0 Å². The lowest BCUT2D eigenvalue weighted by atomic mass is 10.1. The highest BCUT2D eigenvalue weighted by atomic mass is 19.1. The molecule has 1 amide bonds. The van der Waals surface area contributed by atoms with Crippen molar-refractivity contribution in [2.24, 2.45) is 0 Å². The molecule has 0 saturated heterocycles. The van der Waals surface area contributed by atoms with E-state index < -0.39 is 33.7 Å². The number of benzene rings is 1. The van der Waals surface area contributed by atoms with E-state index in [1.807, 2.05) is 0 Å². The topological polar surface area (TPSA) is 63.5 Å². The Kier molecular flexibility index (Phi) is 4.90. The van der Waals surface area contributed by atoms with Gasteiger partial charge in [-0.25, -0.2) is 4.39 Å². The third-order valence-electron chi connectivity index (χ3n) is 2.61. The van der Waals surface area contributed by atoms with Gasteiger partial charge in [0.1, 0.15) is 11.4 Å². The zero-order chi connectivity index (χ0) is 15.4. The molecule has 0 spiro atoms. The fourth-order valence-electron chi connectivity index (χ4n) is 1.69. The number of hydrogen-bond acceptors (Lipinski definition) is 3. The molecule has 0 radical (unpaired) electrons. The Morgan fingerprint density at radius 1 is 1.45 bits per heavy atom. The van der Waals surface area contributed by atoms with Crippen LogP contribution in [-0.4, -0.2) is 28.8 Å². The number of nitro groups is 1. The van der Waals surface area contributed by atoms with Gasteiger partial charge in [0.05, 0.1) is 4.92 Å². The van der Waals surface area contributed by atoms with E-state index in [1.54, 1.807) is 13.8 Å². The number of nitrogens with zero attached hydrogens (tertiary/aromatic N) is 2. The molecule has 0 bridgehead atoms. The van der Waals surface area contributed by atoms with Crippen molar-refractivity contribution in [2.45, 2.75) is 13.8 Å². The van der Waals surface area contributed by atoms with Crippen molar-refractivity contribution >= 4 is 11.6 Å². The Balaban J connectivity index is 3.30. The molecule has 1 aromatic carbocycles. The first-order valence-corrected chi connectivity index (χ1v) is 5.85. The molecule has 108 valence electrons. The van der Waals surface area contributed by atoms with E-state index in [2.05, 4.69) is 6.58 Å². The molecular weight excluding hydrogens is 270 g/mol. The molecule has 0 N–H and O–H groups in total. The summed E-state index contributed by atoms with van der Waals surface area (Å²) < 4.78 is 27.6. The molecule has 1 aromatic rings. The number of nitro benzene ring substituents is 1. The van der Waals surface area contributed by atoms with Crippen molar-refractivity contribution in [1.29, 1.82) is 0 Å². The van der Waals surface area contributed by atoms with Gasteiger partial charge in [0.15, 0.2) is 0 Å². The van der Waals surface area contributed by atoms with Crippen LogP contribution in [0.1, 0.15) is 24.2 Å². The van der Waals surface area contributed by atoms with Gasteiger partial charge in [-0.1, -0.05) is 12.2 Å². The van der Waals surface area contributed by atoms with Crippen LogP contribution in [0.25, 0.3) is 0 Å². The Bertz CT molecular complexity index is 573. The first-order chi connectivity index (χ1) is 9.29. The first kappa shape index (κ1) is 15.7. The lowest BCUT2D eigenvalue weighted by molar-refractivity contribution is -0.387. The number of carbonyl (C=O) groups is 1. The molecule has 0 unspecified atom stereocenters. The highest BCUT2D eigenvalue weighted by Crippen LogP contribution is 2.24. The van der Waals surface area contributed by atoms with Gasteiger partial charge in [0, 0.05) is 19.2 Å². The molecule has 7 heteroatoms. The summed E-state index contributed by atoms with van der Waals surface area (Å²) in [4.78, 5) is 22.9. The molecule has 0 saturated carbocycles. The number of amides is 1. The van der Waals surface area contributed by atoms with Crippen LogP contribution in [0.2, 0.25) is 0 Å². The Morgan fingerprint density at radius 3 is 2.50 bits per heavy atom. The van der Waals surface area contributed by atoms with Gasteiger partial charge in [0.25, 0.3) is 5.91 Å². The van der Waals surface area contributed by atoms with E-state index in [-0.39, 0.29) is 13.1 Å². The molecule has 20 heavy (non-hydrogen) atoms. The second kappa shape index (κ2) is 6.23. The average Bonchev–Trinajstić information content (AvgIpc) is 2.34. The number of rotatable bonds is 5. The van der Waals surface area contributed by atoms with Crippen molar-refractivity contribution in [3.8, 4) is 0 Å². The van der Waals surface area contributed by atoms with Gasteiger partial charge in [0.2, 0.25) is 5.82 Å². The number of hydrogen-bond donors (Lipinski definition) is 0. The van der Waals surface area contributed by atoms with E-state index in [9.17, 15) is 23.7 Å². The van der Waals surface area contributed by atoms with Gasteiger partial charge in [-0.3, -0.25) is 14.9 Å². The summed E-state index contributed by atoms with van der Waals surface area (Å²) in [6, 6.07) is 1.40. The normalized spacial score (nSPS) is 10.2. The average molecular weight is 284 g/mol. The standard InChI is InChI=1S/C13H14F2N2O3/c1-4-16(7-8(2)3)13(18)11-9(14)5-6-10(12(11)15)17(19)20/h5-6H,2,4,7H2,1,3H3. The van der Waals surface area contributed by atoms with Crippen LogP contribution >= 0.6 is 0 Å². The number of carbonyl (C=O) groups excluding carboxylic acids is 1. The van der Waals surface area contributed by atoms with Crippen LogP contribution in [0.15, 0.2) is 24.3 Å². The van der Waals surface area contributed by atoms with Gasteiger partial charge in [-0.15, -0.1) is 0 Å². The molecule has 0 heterocycles. The van der Waals surface area contributed by atoms with E-state index in [4.69, 9.17) is 0 Å². The summed E-state index contributed by atoms with van der Waals surface area (Å²) in [5, 5.41) is 10.6. The zero-order valence-electron chi connectivity index (χ0n) is 11.2. The van der Waals surface area contributed by atoms with E-state index in [0.29, 0.717) is 17.7 Å². The van der Waals surface area contributed by atoms with Crippen molar-refractivity contribution in [3.05, 3.63) is 51.6 Å². The molecule has 0 aliphatic heterocycles. The minimum absolute atomic E-state index is 0.122. The van der Waals surface area contributed by atoms with E-state index in [0.717, 1.165) is 4.90 Å². The second-order valence-electron chi connectivity index (χ2n) is 4.29. The predicted molar refractivity (Wildman–Crippen MR) is 69.4 cm³/mol. The van der Waals surface area contributed by atoms with Crippen LogP contribution in [-0.2, 0) is 0 Å². The third kappa shape index (κ3) is 3.17. The smallest absolute Gasteiger partial charge is 0.305 e. The van der Waals surface area contributed by atoms with Crippen LogP contribution in [0.3, 0.4) is 0 Å². The summed E-state index contributed by atoms with van der Waals surface area (Å²) in [6.45, 7) is 7.24.